The Morgan fingerprint density at radius 3 is 2.35 bits per heavy atom. The number of anilines is 1. The number of hydrogen-bond acceptors (Lipinski definition) is 7. The topological polar surface area (TPSA) is 173 Å². The van der Waals surface area contributed by atoms with Crippen LogP contribution in [0.2, 0.25) is 0 Å². The van der Waals surface area contributed by atoms with Crippen LogP contribution in [0.15, 0.2) is 47.4 Å². The fraction of sp³-hybridized carbons (Fsp3) is 0.375. The van der Waals surface area contributed by atoms with Crippen molar-refractivity contribution in [1.82, 2.24) is 14.9 Å². The molecule has 37 heavy (non-hydrogen) atoms. The van der Waals surface area contributed by atoms with Crippen molar-refractivity contribution in [3.05, 3.63) is 69.8 Å². The monoisotopic (exact) mass is 538 g/mol. The van der Waals surface area contributed by atoms with Crippen LogP contribution in [0.4, 0.5) is 10.2 Å². The number of nitrogens with zero attached hydrogens (tertiary/aromatic N) is 3. The van der Waals surface area contributed by atoms with Crippen LogP contribution < -0.4 is 15.6 Å². The van der Waals surface area contributed by atoms with Gasteiger partial charge in [-0.1, -0.05) is 30.3 Å². The minimum atomic E-state index is -3.67. The lowest BCUT2D eigenvalue weighted by molar-refractivity contribution is 0.0694. The molecule has 1 aliphatic rings. The summed E-state index contributed by atoms with van der Waals surface area (Å²) in [4.78, 5) is 30.7. The van der Waals surface area contributed by atoms with Crippen molar-refractivity contribution in [1.29, 1.82) is 0 Å². The molecule has 0 aliphatic carbocycles. The van der Waals surface area contributed by atoms with Crippen molar-refractivity contribution in [2.75, 3.05) is 30.8 Å². The fourth-order valence-electron chi connectivity index (χ4n) is 3.95. The second-order valence-corrected chi connectivity index (χ2v) is 10.9. The molecule has 2 aromatic heterocycles. The lowest BCUT2D eigenvalue weighted by atomic mass is 10.0. The van der Waals surface area contributed by atoms with Crippen molar-refractivity contribution in [2.45, 2.75) is 32.4 Å². The molecule has 202 valence electrons. The van der Waals surface area contributed by atoms with Crippen molar-refractivity contribution >= 4 is 32.9 Å². The van der Waals surface area contributed by atoms with E-state index in [-0.39, 0.29) is 28.4 Å². The van der Waals surface area contributed by atoms with Crippen LogP contribution in [0, 0.1) is 5.82 Å². The number of aromatic nitrogens is 2. The van der Waals surface area contributed by atoms with E-state index in [2.05, 4.69) is 10.3 Å². The molecule has 1 saturated heterocycles. The summed E-state index contributed by atoms with van der Waals surface area (Å²) in [5.41, 5.74) is -0.320. The molecule has 1 aliphatic heterocycles. The largest absolute Gasteiger partial charge is 0.477 e. The van der Waals surface area contributed by atoms with E-state index in [1.54, 1.807) is 4.57 Å². The van der Waals surface area contributed by atoms with Gasteiger partial charge in [-0.15, -0.1) is 0 Å². The molecule has 0 bridgehead atoms. The van der Waals surface area contributed by atoms with E-state index in [4.69, 9.17) is 4.55 Å². The van der Waals surface area contributed by atoms with Gasteiger partial charge in [0.15, 0.2) is 11.6 Å². The van der Waals surface area contributed by atoms with Gasteiger partial charge < -0.3 is 25.4 Å². The first-order chi connectivity index (χ1) is 16.7. The number of carbonyl (C=O) groups is 1. The average Bonchev–Trinajstić information content (AvgIpc) is 2.78. The SMILES string of the molecule is CC(C)(C)n1cc(C(=O)O)c(=O)c2cc(F)c(N3CCNC(c4ccccc4)C3)nc21.CS(=O)(=O)O.O. The number of carboxylic acid groups (broad SMARTS) is 1. The van der Waals surface area contributed by atoms with E-state index in [1.165, 1.54) is 6.20 Å². The summed E-state index contributed by atoms with van der Waals surface area (Å²) >= 11 is 0. The van der Waals surface area contributed by atoms with E-state index < -0.39 is 38.4 Å². The second kappa shape index (κ2) is 11.3. The maximum atomic E-state index is 15.2. The minimum absolute atomic E-state index is 0. The summed E-state index contributed by atoms with van der Waals surface area (Å²) < 4.78 is 42.7. The predicted octanol–water partition coefficient (Wildman–Crippen LogP) is 1.82. The van der Waals surface area contributed by atoms with E-state index in [0.29, 0.717) is 25.9 Å². The first-order valence-corrected chi connectivity index (χ1v) is 13.0. The minimum Gasteiger partial charge on any atom is -0.477 e. The quantitative estimate of drug-likeness (QED) is 0.420. The Bertz CT molecular complexity index is 1430. The Morgan fingerprint density at radius 1 is 1.22 bits per heavy atom. The number of piperazine rings is 1. The summed E-state index contributed by atoms with van der Waals surface area (Å²) in [5, 5.41) is 12.8. The van der Waals surface area contributed by atoms with Gasteiger partial charge in [0.1, 0.15) is 11.2 Å². The Balaban J connectivity index is 0.000000734. The molecule has 4 rings (SSSR count). The van der Waals surface area contributed by atoms with Crippen molar-refractivity contribution in [3.8, 4) is 0 Å². The first kappa shape index (κ1) is 29.8. The zero-order valence-corrected chi connectivity index (χ0v) is 21.7. The number of hydrogen-bond donors (Lipinski definition) is 3. The summed E-state index contributed by atoms with van der Waals surface area (Å²) in [6.45, 7) is 7.37. The molecule has 3 heterocycles. The van der Waals surface area contributed by atoms with Crippen LogP contribution in [-0.2, 0) is 15.7 Å². The zero-order chi connectivity index (χ0) is 26.8. The molecule has 1 aromatic carbocycles. The molecule has 0 amide bonds. The number of nitrogens with one attached hydrogen (secondary N) is 1. The maximum Gasteiger partial charge on any atom is 0.341 e. The summed E-state index contributed by atoms with van der Waals surface area (Å²) in [6.07, 6.45) is 2.01. The molecule has 1 fully saturated rings. The van der Waals surface area contributed by atoms with Gasteiger partial charge in [0, 0.05) is 37.4 Å². The van der Waals surface area contributed by atoms with Crippen LogP contribution >= 0.6 is 0 Å². The molecular formula is C24H31FN4O7S. The maximum absolute atomic E-state index is 15.2. The molecule has 13 heteroatoms. The number of benzene rings is 1. The highest BCUT2D eigenvalue weighted by Crippen LogP contribution is 2.28. The smallest absolute Gasteiger partial charge is 0.341 e. The number of pyridine rings is 2. The molecule has 0 radical (unpaired) electrons. The normalized spacial score (nSPS) is 15.9. The Morgan fingerprint density at radius 2 is 1.81 bits per heavy atom. The van der Waals surface area contributed by atoms with Crippen molar-refractivity contribution < 1.29 is 32.7 Å². The number of fused-ring (bicyclic) bond motifs is 1. The van der Waals surface area contributed by atoms with Crippen molar-refractivity contribution in [3.63, 3.8) is 0 Å². The number of halogens is 1. The lowest BCUT2D eigenvalue weighted by Crippen LogP contribution is -2.46. The molecule has 0 spiro atoms. The van der Waals surface area contributed by atoms with Gasteiger partial charge in [-0.2, -0.15) is 8.42 Å². The molecular weight excluding hydrogens is 507 g/mol. The van der Waals surface area contributed by atoms with Crippen molar-refractivity contribution in [2.24, 2.45) is 0 Å². The van der Waals surface area contributed by atoms with Crippen LogP contribution in [-0.4, -0.2) is 65.0 Å². The summed E-state index contributed by atoms with van der Waals surface area (Å²) in [7, 11) is -3.67. The Kier molecular flexibility index (Phi) is 9.14. The summed E-state index contributed by atoms with van der Waals surface area (Å²) in [6, 6.07) is 11.1. The molecule has 3 aromatic rings. The summed E-state index contributed by atoms with van der Waals surface area (Å²) in [5.74, 6) is -1.82. The molecule has 0 saturated carbocycles. The van der Waals surface area contributed by atoms with Gasteiger partial charge in [0.2, 0.25) is 5.43 Å². The van der Waals surface area contributed by atoms with Crippen LogP contribution in [0.25, 0.3) is 11.0 Å². The lowest BCUT2D eigenvalue weighted by Gasteiger charge is -2.35. The molecule has 1 atom stereocenters. The third-order valence-electron chi connectivity index (χ3n) is 5.54. The Hall–Kier alpha value is -3.39. The molecule has 1 unspecified atom stereocenters. The van der Waals surface area contributed by atoms with Gasteiger partial charge in [0.25, 0.3) is 10.1 Å². The van der Waals surface area contributed by atoms with Crippen LogP contribution in [0.1, 0.15) is 42.7 Å². The highest BCUT2D eigenvalue weighted by atomic mass is 32.2. The van der Waals surface area contributed by atoms with Gasteiger partial charge in [-0.25, -0.2) is 14.2 Å². The van der Waals surface area contributed by atoms with E-state index >= 15 is 4.39 Å². The van der Waals surface area contributed by atoms with Gasteiger partial charge in [-0.05, 0) is 32.4 Å². The second-order valence-electron chi connectivity index (χ2n) is 9.48. The van der Waals surface area contributed by atoms with Gasteiger partial charge in [0.05, 0.1) is 11.6 Å². The van der Waals surface area contributed by atoms with E-state index in [0.717, 1.165) is 11.6 Å². The Labute approximate surface area is 213 Å². The number of aromatic carboxylic acids is 1. The van der Waals surface area contributed by atoms with E-state index in [9.17, 15) is 23.1 Å². The molecule has 11 nitrogen and oxygen atoms in total. The average molecular weight is 539 g/mol. The zero-order valence-electron chi connectivity index (χ0n) is 20.9. The fourth-order valence-corrected chi connectivity index (χ4v) is 3.95. The number of rotatable bonds is 3. The van der Waals surface area contributed by atoms with E-state index in [1.807, 2.05) is 56.0 Å². The van der Waals surface area contributed by atoms with Crippen LogP contribution in [0.3, 0.4) is 0 Å². The standard InChI is InChI=1S/C23H25FN4O3.CH4O3S.H2O/c1-23(2,3)28-12-16(22(30)31)19(29)15-11-17(24)21(26-20(15)28)27-10-9-25-18(13-27)14-7-5-4-6-8-14;1-5(2,3)4;/h4-8,11-12,18,25H,9-10,13H2,1-3H3,(H,30,31);1H3,(H,2,3,4);1H2. The van der Waals surface area contributed by atoms with Gasteiger partial charge >= 0.3 is 5.97 Å². The third kappa shape index (κ3) is 7.32. The molecule has 5 N–H and O–H groups in total. The predicted molar refractivity (Wildman–Crippen MR) is 138 cm³/mol. The first-order valence-electron chi connectivity index (χ1n) is 11.1. The van der Waals surface area contributed by atoms with Crippen LogP contribution in [0.5, 0.6) is 0 Å². The highest BCUT2D eigenvalue weighted by Gasteiger charge is 2.27. The number of carboxylic acids is 1. The highest BCUT2D eigenvalue weighted by molar-refractivity contribution is 7.85. The van der Waals surface area contributed by atoms with Gasteiger partial charge in [-0.3, -0.25) is 9.35 Å². The third-order valence-corrected chi connectivity index (χ3v) is 5.54.